The van der Waals surface area contributed by atoms with Gasteiger partial charge in [0.2, 0.25) is 0 Å². The Morgan fingerprint density at radius 3 is 2.30 bits per heavy atom. The van der Waals surface area contributed by atoms with Crippen LogP contribution < -0.4 is 5.32 Å². The normalized spacial score (nSPS) is 11.2. The molecule has 3 aromatic rings. The van der Waals surface area contributed by atoms with E-state index in [2.05, 4.69) is 5.32 Å². The molecule has 0 aliphatic rings. The molecule has 0 aliphatic heterocycles. The lowest BCUT2D eigenvalue weighted by Crippen LogP contribution is -2.12. The van der Waals surface area contributed by atoms with Gasteiger partial charge < -0.3 is 5.32 Å². The number of hydrogen-bond donors (Lipinski definition) is 1. The van der Waals surface area contributed by atoms with E-state index in [-0.39, 0.29) is 4.90 Å². The number of halogens is 4. The molecule has 0 fully saturated rings. The van der Waals surface area contributed by atoms with Crippen LogP contribution in [0.3, 0.4) is 0 Å². The first-order valence-corrected chi connectivity index (χ1v) is 9.54. The summed E-state index contributed by atoms with van der Waals surface area (Å²) in [7, 11) is 0. The number of rotatable bonds is 5. The molecule has 1 N–H and O–H groups in total. The van der Waals surface area contributed by atoms with Crippen LogP contribution in [0.4, 0.5) is 24.5 Å². The Morgan fingerprint density at radius 1 is 1.00 bits per heavy atom. The molecule has 0 bridgehead atoms. The van der Waals surface area contributed by atoms with Crippen molar-refractivity contribution in [2.24, 2.45) is 0 Å². The minimum Gasteiger partial charge on any atom is -0.321 e. The van der Waals surface area contributed by atoms with Gasteiger partial charge in [-0.05, 0) is 48.5 Å². The van der Waals surface area contributed by atoms with Gasteiger partial charge in [0.25, 0.3) is 11.6 Å². The summed E-state index contributed by atoms with van der Waals surface area (Å²) in [5, 5.41) is 14.5. The highest BCUT2D eigenvalue weighted by atomic mass is 35.5. The smallest absolute Gasteiger partial charge is 0.321 e. The summed E-state index contributed by atoms with van der Waals surface area (Å²) in [5.41, 5.74) is -1.08. The van der Waals surface area contributed by atoms with Crippen LogP contribution in [0.25, 0.3) is 0 Å². The Kier molecular flexibility index (Phi) is 6.33. The molecule has 10 heteroatoms. The van der Waals surface area contributed by atoms with E-state index in [1.165, 1.54) is 12.1 Å². The monoisotopic (exact) mass is 452 g/mol. The van der Waals surface area contributed by atoms with Crippen LogP contribution >= 0.6 is 23.4 Å². The molecule has 0 radical (unpaired) electrons. The maximum absolute atomic E-state index is 12.9. The highest BCUT2D eigenvalue weighted by Gasteiger charge is 2.33. The fraction of sp³-hybridized carbons (Fsp3) is 0.0500. The van der Waals surface area contributed by atoms with E-state index in [1.54, 1.807) is 36.4 Å². The molecule has 3 rings (SSSR count). The van der Waals surface area contributed by atoms with Gasteiger partial charge in [-0.2, -0.15) is 13.2 Å². The highest BCUT2D eigenvalue weighted by Crippen LogP contribution is 2.41. The molecule has 1 amide bonds. The molecule has 0 atom stereocenters. The van der Waals surface area contributed by atoms with Crippen LogP contribution in [0.2, 0.25) is 5.02 Å². The van der Waals surface area contributed by atoms with Gasteiger partial charge in [-0.1, -0.05) is 35.5 Å². The number of anilines is 1. The summed E-state index contributed by atoms with van der Waals surface area (Å²) in [6.07, 6.45) is -4.70. The van der Waals surface area contributed by atoms with Gasteiger partial charge in [0, 0.05) is 21.5 Å². The average Bonchev–Trinajstić information content (AvgIpc) is 2.69. The second-order valence-corrected chi connectivity index (χ2v) is 7.52. The molecule has 3 aromatic carbocycles. The van der Waals surface area contributed by atoms with Gasteiger partial charge >= 0.3 is 6.18 Å². The van der Waals surface area contributed by atoms with Crippen molar-refractivity contribution >= 4 is 40.6 Å². The predicted octanol–water partition coefficient (Wildman–Crippen LogP) is 6.67. The van der Waals surface area contributed by atoms with E-state index in [0.29, 0.717) is 27.2 Å². The molecule has 0 spiro atoms. The maximum atomic E-state index is 12.9. The number of carbonyl (C=O) groups excluding carboxylic acids is 1. The fourth-order valence-electron chi connectivity index (χ4n) is 2.50. The summed E-state index contributed by atoms with van der Waals surface area (Å²) in [6.45, 7) is 0. The Morgan fingerprint density at radius 2 is 1.67 bits per heavy atom. The molecule has 0 heterocycles. The summed E-state index contributed by atoms with van der Waals surface area (Å²) >= 11 is 6.69. The van der Waals surface area contributed by atoms with Gasteiger partial charge in [0.1, 0.15) is 0 Å². The lowest BCUT2D eigenvalue weighted by atomic mass is 10.2. The lowest BCUT2D eigenvalue weighted by Gasteiger charge is -2.12. The van der Waals surface area contributed by atoms with Crippen molar-refractivity contribution in [3.8, 4) is 0 Å². The van der Waals surface area contributed by atoms with Crippen LogP contribution in [0.15, 0.2) is 76.5 Å². The van der Waals surface area contributed by atoms with E-state index in [4.69, 9.17) is 11.6 Å². The third-order valence-corrected chi connectivity index (χ3v) is 5.34. The van der Waals surface area contributed by atoms with E-state index in [9.17, 15) is 28.1 Å². The van der Waals surface area contributed by atoms with Crippen molar-refractivity contribution in [1.82, 2.24) is 0 Å². The van der Waals surface area contributed by atoms with Gasteiger partial charge in [-0.3, -0.25) is 14.9 Å². The first-order valence-electron chi connectivity index (χ1n) is 8.34. The molecule has 0 saturated carbocycles. The molecular weight excluding hydrogens is 441 g/mol. The first-order chi connectivity index (χ1) is 14.1. The zero-order chi connectivity index (χ0) is 21.9. The predicted molar refractivity (Wildman–Crippen MR) is 108 cm³/mol. The molecular formula is C20H12ClF3N2O3S. The summed E-state index contributed by atoms with van der Waals surface area (Å²) in [4.78, 5) is 23.4. The molecule has 30 heavy (non-hydrogen) atoms. The van der Waals surface area contributed by atoms with Crippen molar-refractivity contribution in [3.63, 3.8) is 0 Å². The maximum Gasteiger partial charge on any atom is 0.416 e. The van der Waals surface area contributed by atoms with E-state index >= 15 is 0 Å². The number of hydrogen-bond acceptors (Lipinski definition) is 4. The Labute approximate surface area is 178 Å². The molecule has 0 saturated heterocycles. The number of amides is 1. The third kappa shape index (κ3) is 5.11. The minimum absolute atomic E-state index is 0.0150. The third-order valence-electron chi connectivity index (χ3n) is 3.94. The van der Waals surface area contributed by atoms with Crippen molar-refractivity contribution < 1.29 is 22.9 Å². The van der Waals surface area contributed by atoms with Gasteiger partial charge in [-0.25, -0.2) is 0 Å². The van der Waals surface area contributed by atoms with Crippen molar-refractivity contribution in [2.75, 3.05) is 5.32 Å². The zero-order valence-electron chi connectivity index (χ0n) is 14.9. The Hall–Kier alpha value is -3.04. The number of nitrogens with zero attached hydrogens (tertiary/aromatic N) is 1. The lowest BCUT2D eigenvalue weighted by molar-refractivity contribution is -0.388. The number of alkyl halides is 3. The molecule has 0 aromatic heterocycles. The zero-order valence-corrected chi connectivity index (χ0v) is 16.5. The summed E-state index contributed by atoms with van der Waals surface area (Å²) < 4.78 is 38.7. The SMILES string of the molecule is O=C(Nc1ccccc1Sc1ccc(C(F)(F)F)cc1[N+](=O)[O-])c1ccc(Cl)cc1. The molecule has 154 valence electrons. The average molecular weight is 453 g/mol. The van der Waals surface area contributed by atoms with E-state index in [1.807, 2.05) is 0 Å². The second kappa shape index (κ2) is 8.76. The van der Waals surface area contributed by atoms with Gasteiger partial charge in [0.15, 0.2) is 0 Å². The highest BCUT2D eigenvalue weighted by molar-refractivity contribution is 7.99. The number of nitro groups is 1. The largest absolute Gasteiger partial charge is 0.416 e. The first kappa shape index (κ1) is 21.7. The van der Waals surface area contributed by atoms with Crippen molar-refractivity contribution in [3.05, 3.63) is 93.0 Å². The van der Waals surface area contributed by atoms with Crippen molar-refractivity contribution in [2.45, 2.75) is 16.0 Å². The fourth-order valence-corrected chi connectivity index (χ4v) is 3.61. The summed E-state index contributed by atoms with van der Waals surface area (Å²) in [5.74, 6) is -0.429. The summed E-state index contributed by atoms with van der Waals surface area (Å²) in [6, 6.07) is 15.0. The number of benzene rings is 3. The Bertz CT molecular complexity index is 1110. The van der Waals surface area contributed by atoms with Crippen molar-refractivity contribution in [1.29, 1.82) is 0 Å². The number of carbonyl (C=O) groups is 1. The Balaban J connectivity index is 1.90. The topological polar surface area (TPSA) is 72.2 Å². The molecule has 5 nitrogen and oxygen atoms in total. The van der Waals surface area contributed by atoms with Crippen LogP contribution in [0.5, 0.6) is 0 Å². The molecule has 0 unspecified atom stereocenters. The minimum atomic E-state index is -4.70. The number of nitro benzene ring substituents is 1. The molecule has 0 aliphatic carbocycles. The second-order valence-electron chi connectivity index (χ2n) is 6.00. The van der Waals surface area contributed by atoms with E-state index in [0.717, 1.165) is 23.9 Å². The quantitative estimate of drug-likeness (QED) is 0.346. The van der Waals surface area contributed by atoms with Crippen LogP contribution in [0, 0.1) is 10.1 Å². The van der Waals surface area contributed by atoms with Crippen LogP contribution in [-0.4, -0.2) is 10.8 Å². The van der Waals surface area contributed by atoms with Crippen LogP contribution in [-0.2, 0) is 6.18 Å². The van der Waals surface area contributed by atoms with Crippen LogP contribution in [0.1, 0.15) is 15.9 Å². The van der Waals surface area contributed by atoms with Gasteiger partial charge in [0.05, 0.1) is 21.1 Å². The van der Waals surface area contributed by atoms with E-state index < -0.39 is 28.3 Å². The number of para-hydroxylation sites is 1. The van der Waals surface area contributed by atoms with Gasteiger partial charge in [-0.15, -0.1) is 0 Å². The standard InChI is InChI=1S/C20H12ClF3N2O3S/c21-14-8-5-12(6-9-14)19(27)25-15-3-1-2-4-17(15)30-18-10-7-13(20(22,23)24)11-16(18)26(28)29/h1-11H,(H,25,27). The number of nitrogens with one attached hydrogen (secondary N) is 1.